The molecule has 0 aliphatic carbocycles. The lowest BCUT2D eigenvalue weighted by Crippen LogP contribution is -1.95. The van der Waals surface area contributed by atoms with Crippen molar-refractivity contribution in [1.29, 1.82) is 0 Å². The van der Waals surface area contributed by atoms with Crippen molar-refractivity contribution in [3.8, 4) is 33.8 Å². The highest BCUT2D eigenvalue weighted by Gasteiger charge is 2.14. The molecule has 4 heteroatoms. The molecule has 0 saturated carbocycles. The fourth-order valence-corrected chi connectivity index (χ4v) is 5.35. The minimum Gasteiger partial charge on any atom is -0.436 e. The van der Waals surface area contributed by atoms with E-state index in [9.17, 15) is 0 Å². The molecule has 0 aliphatic heterocycles. The molecule has 0 bridgehead atoms. The zero-order valence-electron chi connectivity index (χ0n) is 20.4. The molecule has 0 aliphatic rings. The van der Waals surface area contributed by atoms with Crippen LogP contribution in [0.25, 0.3) is 72.4 Å². The largest absolute Gasteiger partial charge is 0.436 e. The van der Waals surface area contributed by atoms with E-state index in [4.69, 9.17) is 9.40 Å². The third-order valence-corrected chi connectivity index (χ3v) is 7.23. The van der Waals surface area contributed by atoms with Crippen LogP contribution in [0.2, 0.25) is 0 Å². The summed E-state index contributed by atoms with van der Waals surface area (Å²) in [6.45, 7) is 0. The molecule has 8 rings (SSSR count). The van der Waals surface area contributed by atoms with E-state index in [0.29, 0.717) is 5.89 Å². The second-order valence-electron chi connectivity index (χ2n) is 9.51. The highest BCUT2D eigenvalue weighted by Crippen LogP contribution is 2.33. The van der Waals surface area contributed by atoms with Crippen LogP contribution in [0.5, 0.6) is 0 Å². The summed E-state index contributed by atoms with van der Waals surface area (Å²) in [5.74, 6) is 0.638. The zero-order valence-corrected chi connectivity index (χ0v) is 20.4. The van der Waals surface area contributed by atoms with E-state index in [-0.39, 0.29) is 0 Å². The summed E-state index contributed by atoms with van der Waals surface area (Å²) in [4.78, 5) is 9.71. The zero-order chi connectivity index (χ0) is 25.1. The average molecular weight is 488 g/mol. The van der Waals surface area contributed by atoms with Gasteiger partial charge in [0.25, 0.3) is 0 Å². The van der Waals surface area contributed by atoms with Crippen molar-refractivity contribution in [3.05, 3.63) is 127 Å². The fraction of sp³-hybridized carbons (Fsp3) is 0. The summed E-state index contributed by atoms with van der Waals surface area (Å²) in [7, 11) is 0. The SMILES string of the molecule is c1ccc2c(c1)cc1c(-c3ccc(-c4ccc(-c5nc6ccccc6o5)cc4)cc3)nc3ccccc3n12. The molecule has 8 aromatic rings. The first kappa shape index (κ1) is 20.9. The van der Waals surface area contributed by atoms with Crippen LogP contribution in [0.3, 0.4) is 0 Å². The molecule has 38 heavy (non-hydrogen) atoms. The Labute approximate surface area is 218 Å². The van der Waals surface area contributed by atoms with Crippen molar-refractivity contribution in [1.82, 2.24) is 14.4 Å². The van der Waals surface area contributed by atoms with E-state index in [0.717, 1.165) is 55.6 Å². The molecule has 0 unspecified atom stereocenters. The summed E-state index contributed by atoms with van der Waals surface area (Å²) in [5.41, 5.74) is 11.4. The van der Waals surface area contributed by atoms with Gasteiger partial charge >= 0.3 is 0 Å². The van der Waals surface area contributed by atoms with Gasteiger partial charge in [0.15, 0.2) is 5.58 Å². The molecule has 0 spiro atoms. The van der Waals surface area contributed by atoms with Crippen molar-refractivity contribution in [2.75, 3.05) is 0 Å². The molecule has 0 saturated heterocycles. The number of benzene rings is 5. The quantitative estimate of drug-likeness (QED) is 0.250. The first-order valence-electron chi connectivity index (χ1n) is 12.7. The standard InChI is InChI=1S/C34H21N3O/c1-4-10-29-26(7-1)21-31-33(35-27-8-2-5-11-30(27)37(29)31)24-17-13-22(14-18-24)23-15-19-25(20-16-23)34-36-28-9-3-6-12-32(28)38-34/h1-21H. The number of oxazole rings is 1. The van der Waals surface area contributed by atoms with Crippen LogP contribution in [-0.4, -0.2) is 14.4 Å². The van der Waals surface area contributed by atoms with Crippen LogP contribution in [0.1, 0.15) is 0 Å². The van der Waals surface area contributed by atoms with E-state index in [2.05, 4.69) is 106 Å². The van der Waals surface area contributed by atoms with Crippen LogP contribution in [0, 0.1) is 0 Å². The van der Waals surface area contributed by atoms with Gasteiger partial charge < -0.3 is 8.82 Å². The Balaban J connectivity index is 1.19. The molecule has 5 aromatic carbocycles. The van der Waals surface area contributed by atoms with E-state index in [1.165, 1.54) is 10.9 Å². The number of nitrogens with zero attached hydrogens (tertiary/aromatic N) is 3. The molecular weight excluding hydrogens is 466 g/mol. The molecule has 4 nitrogen and oxygen atoms in total. The third kappa shape index (κ3) is 3.24. The lowest BCUT2D eigenvalue weighted by atomic mass is 10.0. The minimum absolute atomic E-state index is 0.638. The van der Waals surface area contributed by atoms with Crippen LogP contribution in [0.4, 0.5) is 0 Å². The van der Waals surface area contributed by atoms with Gasteiger partial charge in [-0.05, 0) is 59.7 Å². The van der Waals surface area contributed by atoms with Gasteiger partial charge in [-0.15, -0.1) is 0 Å². The molecule has 3 heterocycles. The number of fused-ring (bicyclic) bond motifs is 6. The molecule has 0 radical (unpaired) electrons. The first-order valence-corrected chi connectivity index (χ1v) is 12.7. The second-order valence-corrected chi connectivity index (χ2v) is 9.51. The summed E-state index contributed by atoms with van der Waals surface area (Å²) in [6.07, 6.45) is 0. The lowest BCUT2D eigenvalue weighted by Gasteiger charge is -2.10. The van der Waals surface area contributed by atoms with E-state index < -0.39 is 0 Å². The van der Waals surface area contributed by atoms with E-state index in [1.54, 1.807) is 0 Å². The molecular formula is C34H21N3O. The predicted octanol–water partition coefficient (Wildman–Crippen LogP) is 8.78. The Morgan fingerprint density at radius 3 is 1.84 bits per heavy atom. The van der Waals surface area contributed by atoms with Gasteiger partial charge in [-0.3, -0.25) is 0 Å². The second kappa shape index (κ2) is 8.15. The number of aromatic nitrogens is 3. The molecule has 0 N–H and O–H groups in total. The Morgan fingerprint density at radius 2 is 1.08 bits per heavy atom. The third-order valence-electron chi connectivity index (χ3n) is 7.23. The molecule has 0 amide bonds. The molecule has 0 fully saturated rings. The fourth-order valence-electron chi connectivity index (χ4n) is 5.35. The van der Waals surface area contributed by atoms with Gasteiger partial charge in [-0.2, -0.15) is 0 Å². The number of hydrogen-bond donors (Lipinski definition) is 0. The Hall–Kier alpha value is -5.22. The maximum atomic E-state index is 5.93. The van der Waals surface area contributed by atoms with Gasteiger partial charge in [0.05, 0.1) is 27.8 Å². The van der Waals surface area contributed by atoms with Crippen molar-refractivity contribution in [3.63, 3.8) is 0 Å². The highest BCUT2D eigenvalue weighted by atomic mass is 16.3. The number of para-hydroxylation sites is 5. The maximum Gasteiger partial charge on any atom is 0.227 e. The Kier molecular flexibility index (Phi) is 4.49. The number of rotatable bonds is 3. The van der Waals surface area contributed by atoms with Crippen molar-refractivity contribution in [2.45, 2.75) is 0 Å². The van der Waals surface area contributed by atoms with Gasteiger partial charge in [-0.25, -0.2) is 9.97 Å². The van der Waals surface area contributed by atoms with Crippen molar-refractivity contribution in [2.24, 2.45) is 0 Å². The highest BCUT2D eigenvalue weighted by molar-refractivity contribution is 5.98. The van der Waals surface area contributed by atoms with Crippen LogP contribution >= 0.6 is 0 Å². The lowest BCUT2D eigenvalue weighted by molar-refractivity contribution is 0.620. The smallest absolute Gasteiger partial charge is 0.227 e. The molecule has 3 aromatic heterocycles. The maximum absolute atomic E-state index is 5.93. The topological polar surface area (TPSA) is 43.3 Å². The summed E-state index contributed by atoms with van der Waals surface area (Å²) >= 11 is 0. The predicted molar refractivity (Wildman–Crippen MR) is 154 cm³/mol. The van der Waals surface area contributed by atoms with Crippen LogP contribution in [-0.2, 0) is 0 Å². The van der Waals surface area contributed by atoms with Crippen LogP contribution < -0.4 is 0 Å². The Morgan fingerprint density at radius 1 is 0.474 bits per heavy atom. The molecule has 178 valence electrons. The minimum atomic E-state index is 0.638. The first-order chi connectivity index (χ1) is 18.8. The van der Waals surface area contributed by atoms with Crippen LogP contribution in [0.15, 0.2) is 132 Å². The van der Waals surface area contributed by atoms with Gasteiger partial charge in [0, 0.05) is 16.5 Å². The van der Waals surface area contributed by atoms with E-state index >= 15 is 0 Å². The Bertz CT molecular complexity index is 2080. The number of hydrogen-bond acceptors (Lipinski definition) is 3. The summed E-state index contributed by atoms with van der Waals surface area (Å²) in [6, 6.07) is 43.9. The van der Waals surface area contributed by atoms with Gasteiger partial charge in [0.2, 0.25) is 5.89 Å². The summed E-state index contributed by atoms with van der Waals surface area (Å²) < 4.78 is 8.26. The monoisotopic (exact) mass is 487 g/mol. The van der Waals surface area contributed by atoms with Gasteiger partial charge in [-0.1, -0.05) is 78.9 Å². The van der Waals surface area contributed by atoms with Crippen molar-refractivity contribution >= 4 is 38.6 Å². The normalized spacial score (nSPS) is 11.7. The van der Waals surface area contributed by atoms with Gasteiger partial charge in [0.1, 0.15) is 5.52 Å². The molecule has 0 atom stereocenters. The van der Waals surface area contributed by atoms with Crippen molar-refractivity contribution < 1.29 is 4.42 Å². The average Bonchev–Trinajstić information content (AvgIpc) is 3.59. The van der Waals surface area contributed by atoms with E-state index in [1.807, 2.05) is 30.3 Å². The summed E-state index contributed by atoms with van der Waals surface area (Å²) in [5, 5.41) is 1.21.